The van der Waals surface area contributed by atoms with Crippen LogP contribution in [0.5, 0.6) is 0 Å². The van der Waals surface area contributed by atoms with E-state index in [1.54, 1.807) is 12.1 Å². The van der Waals surface area contributed by atoms with Crippen LogP contribution >= 0.6 is 11.3 Å². The Morgan fingerprint density at radius 3 is 2.74 bits per heavy atom. The molecule has 0 spiro atoms. The number of hydrogen-bond acceptors (Lipinski definition) is 3. The number of anilines is 1. The lowest BCUT2D eigenvalue weighted by Crippen LogP contribution is -2.15. The number of nitrogens with zero attached hydrogens (tertiary/aromatic N) is 1. The zero-order chi connectivity index (χ0) is 13.4. The lowest BCUT2D eigenvalue weighted by atomic mass is 10.4. The molecule has 0 radical (unpaired) electrons. The highest BCUT2D eigenvalue weighted by molar-refractivity contribution is 7.18. The standard InChI is InChI=1S/C13H12N2O3S/c16-12(9-2-1-7-15(9)8-3-4-8)14-11-6-5-10(19-11)13(17)18/h1-2,5-8H,3-4H2,(H,14,16)(H,17,18). The second-order valence-electron chi connectivity index (χ2n) is 4.46. The number of amides is 1. The van der Waals surface area contributed by atoms with Gasteiger partial charge in [0.15, 0.2) is 0 Å². The van der Waals surface area contributed by atoms with Crippen molar-refractivity contribution in [1.29, 1.82) is 0 Å². The molecule has 0 unspecified atom stereocenters. The van der Waals surface area contributed by atoms with Crippen molar-refractivity contribution < 1.29 is 14.7 Å². The van der Waals surface area contributed by atoms with Gasteiger partial charge in [-0.05, 0) is 37.1 Å². The Morgan fingerprint density at radius 1 is 1.32 bits per heavy atom. The van der Waals surface area contributed by atoms with Gasteiger partial charge in [0.25, 0.3) is 5.91 Å². The topological polar surface area (TPSA) is 71.3 Å². The Morgan fingerprint density at radius 2 is 2.11 bits per heavy atom. The van der Waals surface area contributed by atoms with Gasteiger partial charge in [0.1, 0.15) is 10.6 Å². The summed E-state index contributed by atoms with van der Waals surface area (Å²) in [7, 11) is 0. The molecule has 0 bridgehead atoms. The SMILES string of the molecule is O=C(O)c1ccc(NC(=O)c2cccn2C2CC2)s1. The highest BCUT2D eigenvalue weighted by Crippen LogP contribution is 2.36. The van der Waals surface area contributed by atoms with Crippen molar-refractivity contribution in [2.75, 3.05) is 5.32 Å². The highest BCUT2D eigenvalue weighted by Gasteiger charge is 2.26. The molecule has 2 aromatic rings. The molecule has 0 aliphatic heterocycles. The summed E-state index contributed by atoms with van der Waals surface area (Å²) in [4.78, 5) is 23.1. The van der Waals surface area contributed by atoms with Crippen LogP contribution in [0.2, 0.25) is 0 Å². The zero-order valence-electron chi connectivity index (χ0n) is 10.00. The van der Waals surface area contributed by atoms with Gasteiger partial charge in [-0.2, -0.15) is 0 Å². The van der Waals surface area contributed by atoms with Crippen LogP contribution in [0.15, 0.2) is 30.5 Å². The Balaban J connectivity index is 1.76. The van der Waals surface area contributed by atoms with E-state index in [0.717, 1.165) is 24.2 Å². The smallest absolute Gasteiger partial charge is 0.345 e. The van der Waals surface area contributed by atoms with Crippen molar-refractivity contribution >= 4 is 28.2 Å². The molecule has 5 nitrogen and oxygen atoms in total. The van der Waals surface area contributed by atoms with Gasteiger partial charge in [-0.15, -0.1) is 11.3 Å². The summed E-state index contributed by atoms with van der Waals surface area (Å²) in [6.07, 6.45) is 4.12. The summed E-state index contributed by atoms with van der Waals surface area (Å²) >= 11 is 1.06. The minimum atomic E-state index is -0.980. The third-order valence-corrected chi connectivity index (χ3v) is 3.99. The first-order valence-corrected chi connectivity index (χ1v) is 6.78. The van der Waals surface area contributed by atoms with E-state index in [1.807, 2.05) is 16.8 Å². The van der Waals surface area contributed by atoms with E-state index in [4.69, 9.17) is 5.11 Å². The van der Waals surface area contributed by atoms with Gasteiger partial charge in [0, 0.05) is 12.2 Å². The minimum Gasteiger partial charge on any atom is -0.477 e. The Bertz CT molecular complexity index is 640. The van der Waals surface area contributed by atoms with Gasteiger partial charge in [0.05, 0.1) is 5.00 Å². The van der Waals surface area contributed by atoms with Crippen LogP contribution in [-0.2, 0) is 0 Å². The Hall–Kier alpha value is -2.08. The molecule has 3 rings (SSSR count). The number of aromatic carboxylic acids is 1. The molecule has 2 heterocycles. The zero-order valence-corrected chi connectivity index (χ0v) is 10.8. The van der Waals surface area contributed by atoms with E-state index in [2.05, 4.69) is 5.32 Å². The molecule has 0 aromatic carbocycles. The monoisotopic (exact) mass is 276 g/mol. The summed E-state index contributed by atoms with van der Waals surface area (Å²) in [6.45, 7) is 0. The molecule has 2 aromatic heterocycles. The van der Waals surface area contributed by atoms with Gasteiger partial charge in [0.2, 0.25) is 0 Å². The number of carboxylic acids is 1. The van der Waals surface area contributed by atoms with E-state index in [1.165, 1.54) is 6.07 Å². The number of carbonyl (C=O) groups is 2. The van der Waals surface area contributed by atoms with E-state index >= 15 is 0 Å². The number of carbonyl (C=O) groups excluding carboxylic acids is 1. The van der Waals surface area contributed by atoms with Crippen molar-refractivity contribution in [2.24, 2.45) is 0 Å². The number of rotatable bonds is 4. The molecule has 1 amide bonds. The molecular weight excluding hydrogens is 264 g/mol. The summed E-state index contributed by atoms with van der Waals surface area (Å²) in [5.74, 6) is -1.18. The third-order valence-electron chi connectivity index (χ3n) is 3.01. The minimum absolute atomic E-state index is 0.198. The van der Waals surface area contributed by atoms with Crippen LogP contribution in [0.25, 0.3) is 0 Å². The molecule has 98 valence electrons. The number of nitrogens with one attached hydrogen (secondary N) is 1. The quantitative estimate of drug-likeness (QED) is 0.902. The molecule has 1 aliphatic carbocycles. The number of carboxylic acid groups (broad SMARTS) is 1. The molecule has 2 N–H and O–H groups in total. The van der Waals surface area contributed by atoms with Gasteiger partial charge in [-0.25, -0.2) is 4.79 Å². The molecule has 0 atom stereocenters. The van der Waals surface area contributed by atoms with E-state index in [0.29, 0.717) is 16.7 Å². The third kappa shape index (κ3) is 2.39. The van der Waals surface area contributed by atoms with Crippen LogP contribution < -0.4 is 5.32 Å². The average Bonchev–Trinajstić information content (AvgIpc) is 2.92. The van der Waals surface area contributed by atoms with Gasteiger partial charge in [-0.1, -0.05) is 0 Å². The van der Waals surface area contributed by atoms with Crippen LogP contribution in [0.4, 0.5) is 5.00 Å². The maximum atomic E-state index is 12.1. The molecule has 1 saturated carbocycles. The lowest BCUT2D eigenvalue weighted by molar-refractivity contribution is 0.0702. The van der Waals surface area contributed by atoms with Crippen molar-refractivity contribution in [2.45, 2.75) is 18.9 Å². The fourth-order valence-corrected chi connectivity index (χ4v) is 2.69. The second kappa shape index (κ2) is 4.55. The van der Waals surface area contributed by atoms with Crippen molar-refractivity contribution in [3.8, 4) is 0 Å². The molecule has 0 saturated heterocycles. The summed E-state index contributed by atoms with van der Waals surface area (Å²) in [5.41, 5.74) is 0.618. The van der Waals surface area contributed by atoms with Crippen LogP contribution in [-0.4, -0.2) is 21.6 Å². The molecule has 19 heavy (non-hydrogen) atoms. The fraction of sp³-hybridized carbons (Fsp3) is 0.231. The summed E-state index contributed by atoms with van der Waals surface area (Å²) in [5, 5.41) is 12.1. The Kier molecular flexibility index (Phi) is 2.87. The first-order chi connectivity index (χ1) is 9.15. The fourth-order valence-electron chi connectivity index (χ4n) is 1.95. The first kappa shape index (κ1) is 12.0. The first-order valence-electron chi connectivity index (χ1n) is 5.96. The van der Waals surface area contributed by atoms with E-state index < -0.39 is 5.97 Å². The van der Waals surface area contributed by atoms with E-state index in [-0.39, 0.29) is 10.8 Å². The van der Waals surface area contributed by atoms with Crippen LogP contribution in [0.3, 0.4) is 0 Å². The maximum Gasteiger partial charge on any atom is 0.345 e. The number of aromatic nitrogens is 1. The summed E-state index contributed by atoms with van der Waals surface area (Å²) < 4.78 is 1.97. The normalized spacial score (nSPS) is 14.3. The molecule has 6 heteroatoms. The van der Waals surface area contributed by atoms with Crippen molar-refractivity contribution in [3.05, 3.63) is 41.0 Å². The molecule has 1 fully saturated rings. The molecule has 1 aliphatic rings. The van der Waals surface area contributed by atoms with Gasteiger partial charge in [-0.3, -0.25) is 4.79 Å². The predicted octanol–water partition coefficient (Wildman–Crippen LogP) is 2.84. The van der Waals surface area contributed by atoms with Crippen molar-refractivity contribution in [1.82, 2.24) is 4.57 Å². The van der Waals surface area contributed by atoms with Gasteiger partial charge < -0.3 is 15.0 Å². The maximum absolute atomic E-state index is 12.1. The molecular formula is C13H12N2O3S. The second-order valence-corrected chi connectivity index (χ2v) is 5.54. The lowest BCUT2D eigenvalue weighted by Gasteiger charge is -2.07. The predicted molar refractivity (Wildman–Crippen MR) is 71.9 cm³/mol. The highest BCUT2D eigenvalue weighted by atomic mass is 32.1. The average molecular weight is 276 g/mol. The van der Waals surface area contributed by atoms with E-state index in [9.17, 15) is 9.59 Å². The van der Waals surface area contributed by atoms with Gasteiger partial charge >= 0.3 is 5.97 Å². The summed E-state index contributed by atoms with van der Waals surface area (Å²) in [6, 6.07) is 7.16. The van der Waals surface area contributed by atoms with Crippen molar-refractivity contribution in [3.63, 3.8) is 0 Å². The Labute approximate surface area is 113 Å². The van der Waals surface area contributed by atoms with Crippen LogP contribution in [0, 0.1) is 0 Å². The largest absolute Gasteiger partial charge is 0.477 e. The van der Waals surface area contributed by atoms with Crippen LogP contribution in [0.1, 0.15) is 39.0 Å². The number of hydrogen-bond donors (Lipinski definition) is 2. The number of thiophene rings is 1.